The number of fused-ring (bicyclic) bond motifs is 15. The second kappa shape index (κ2) is 17.1. The molecule has 0 radical (unpaired) electrons. The third-order valence-corrected chi connectivity index (χ3v) is 20.2. The molecule has 1 atom stereocenters. The molecule has 3 nitrogen and oxygen atoms in total. The molecule has 3 heteroatoms. The van der Waals surface area contributed by atoms with E-state index in [2.05, 4.69) is 301 Å². The van der Waals surface area contributed by atoms with E-state index < -0.39 is 0 Å². The lowest BCUT2D eigenvalue weighted by molar-refractivity contribution is 0.659. The maximum absolute atomic E-state index is 2.62. The molecule has 0 saturated carbocycles. The Hall–Kier alpha value is -8.92. The minimum Gasteiger partial charge on any atom is -0.333 e. The second-order valence-electron chi connectivity index (χ2n) is 26.2. The van der Waals surface area contributed by atoms with E-state index in [1.807, 2.05) is 0 Å². The SMILES string of the molecule is Cc1cccc(N2c3ccc(N(c4ccc5c(c4)C(C)(C)c4ccccc4-5)c4ccc5c(c4)C(C)(C)c4ccccc4-5)cc3C3=CC(N(c4ccc5c(c4)C(C)(C)c4ccccc4-5)c4ccc5c(c4)C(C)(C)c4ccccc4-5)=CCC32)c1. The van der Waals surface area contributed by atoms with Crippen molar-refractivity contribution in [3.63, 3.8) is 0 Å². The molecule has 0 fully saturated rings. The summed E-state index contributed by atoms with van der Waals surface area (Å²) < 4.78 is 0. The minimum absolute atomic E-state index is 0.0894. The van der Waals surface area contributed by atoms with Crippen LogP contribution in [0.4, 0.5) is 39.8 Å². The molecule has 10 aromatic rings. The van der Waals surface area contributed by atoms with Gasteiger partial charge < -0.3 is 14.7 Å². The van der Waals surface area contributed by atoms with E-state index in [4.69, 9.17) is 0 Å². The molecule has 0 amide bonds. The first-order valence-electron chi connectivity index (χ1n) is 29.6. The van der Waals surface area contributed by atoms with E-state index in [9.17, 15) is 0 Å². The van der Waals surface area contributed by atoms with Gasteiger partial charge in [0.05, 0.1) is 6.04 Å². The Morgan fingerprint density at radius 3 is 1.12 bits per heavy atom. The fourth-order valence-electron chi connectivity index (χ4n) is 15.9. The smallest absolute Gasteiger partial charge is 0.0634 e. The van der Waals surface area contributed by atoms with Crippen molar-refractivity contribution in [2.75, 3.05) is 14.7 Å². The Morgan fingerprint density at radius 2 is 0.707 bits per heavy atom. The van der Waals surface area contributed by atoms with Crippen LogP contribution in [-0.2, 0) is 21.7 Å². The summed E-state index contributed by atoms with van der Waals surface area (Å²) >= 11 is 0. The molecule has 16 rings (SSSR count). The van der Waals surface area contributed by atoms with Crippen molar-refractivity contribution in [1.82, 2.24) is 0 Å². The molecule has 82 heavy (non-hydrogen) atoms. The normalized spacial score (nSPS) is 17.7. The number of hydrogen-bond donors (Lipinski definition) is 0. The molecule has 1 aliphatic heterocycles. The molecular formula is C79H67N3. The van der Waals surface area contributed by atoms with E-state index in [1.165, 1.54) is 134 Å². The highest BCUT2D eigenvalue weighted by Gasteiger charge is 2.43. The van der Waals surface area contributed by atoms with E-state index >= 15 is 0 Å². The van der Waals surface area contributed by atoms with Crippen LogP contribution in [0, 0.1) is 6.92 Å². The van der Waals surface area contributed by atoms with E-state index in [1.54, 1.807) is 0 Å². The lowest BCUT2D eigenvalue weighted by Gasteiger charge is -2.34. The fourth-order valence-corrected chi connectivity index (χ4v) is 15.9. The monoisotopic (exact) mass is 1060 g/mol. The van der Waals surface area contributed by atoms with Gasteiger partial charge in [0.2, 0.25) is 0 Å². The van der Waals surface area contributed by atoms with Crippen molar-refractivity contribution in [2.45, 2.75) is 96.4 Å². The topological polar surface area (TPSA) is 9.72 Å². The van der Waals surface area contributed by atoms with Gasteiger partial charge >= 0.3 is 0 Å². The molecule has 1 unspecified atom stereocenters. The van der Waals surface area contributed by atoms with Gasteiger partial charge in [0.15, 0.2) is 0 Å². The molecule has 1 heterocycles. The maximum atomic E-state index is 2.62. The van der Waals surface area contributed by atoms with Gasteiger partial charge in [-0.15, -0.1) is 0 Å². The Bertz CT molecular complexity index is 4260. The van der Waals surface area contributed by atoms with E-state index in [-0.39, 0.29) is 27.7 Å². The van der Waals surface area contributed by atoms with Crippen molar-refractivity contribution in [3.05, 3.63) is 286 Å². The van der Waals surface area contributed by atoms with Crippen LogP contribution >= 0.6 is 0 Å². The molecule has 0 N–H and O–H groups in total. The number of rotatable bonds is 7. The first-order chi connectivity index (χ1) is 39.6. The highest BCUT2D eigenvalue weighted by Crippen LogP contribution is 2.58. The largest absolute Gasteiger partial charge is 0.333 e. The van der Waals surface area contributed by atoms with Crippen molar-refractivity contribution < 1.29 is 0 Å². The van der Waals surface area contributed by atoms with Crippen molar-refractivity contribution in [1.29, 1.82) is 0 Å². The summed E-state index contributed by atoms with van der Waals surface area (Å²) in [5, 5.41) is 0. The van der Waals surface area contributed by atoms with Gasteiger partial charge in [-0.3, -0.25) is 0 Å². The van der Waals surface area contributed by atoms with Crippen LogP contribution in [0.5, 0.6) is 0 Å². The number of hydrogen-bond acceptors (Lipinski definition) is 3. The molecule has 398 valence electrons. The van der Waals surface area contributed by atoms with Gasteiger partial charge in [0, 0.05) is 72.7 Å². The van der Waals surface area contributed by atoms with Gasteiger partial charge in [-0.25, -0.2) is 0 Å². The van der Waals surface area contributed by atoms with Crippen LogP contribution in [0.1, 0.15) is 117 Å². The van der Waals surface area contributed by atoms with E-state index in [0.717, 1.165) is 23.5 Å². The molecule has 0 bridgehead atoms. The third-order valence-electron chi connectivity index (χ3n) is 20.2. The van der Waals surface area contributed by atoms with Crippen LogP contribution in [-0.4, -0.2) is 6.04 Å². The summed E-state index contributed by atoms with van der Waals surface area (Å²) in [5.41, 5.74) is 34.3. The summed E-state index contributed by atoms with van der Waals surface area (Å²) in [6.45, 7) is 21.4. The summed E-state index contributed by atoms with van der Waals surface area (Å²) in [5.74, 6) is 0. The van der Waals surface area contributed by atoms with Gasteiger partial charge in [-0.2, -0.15) is 0 Å². The lowest BCUT2D eigenvalue weighted by atomic mass is 9.82. The number of benzene rings is 10. The van der Waals surface area contributed by atoms with Crippen LogP contribution < -0.4 is 14.7 Å². The first kappa shape index (κ1) is 48.9. The molecule has 0 aromatic heterocycles. The molecule has 0 saturated heterocycles. The fraction of sp³-hybridized carbons (Fsp3) is 0.190. The number of nitrogens with zero attached hydrogens (tertiary/aromatic N) is 3. The van der Waals surface area contributed by atoms with E-state index in [0.29, 0.717) is 0 Å². The van der Waals surface area contributed by atoms with Crippen LogP contribution in [0.15, 0.2) is 230 Å². The zero-order chi connectivity index (χ0) is 55.8. The highest BCUT2D eigenvalue weighted by atomic mass is 15.2. The maximum Gasteiger partial charge on any atom is 0.0634 e. The summed E-state index contributed by atoms with van der Waals surface area (Å²) in [6, 6.07) is 81.5. The summed E-state index contributed by atoms with van der Waals surface area (Å²) in [6.07, 6.45) is 5.90. The van der Waals surface area contributed by atoms with Gasteiger partial charge in [0.25, 0.3) is 0 Å². The Kier molecular flexibility index (Phi) is 10.2. The van der Waals surface area contributed by atoms with Crippen molar-refractivity contribution >= 4 is 45.4 Å². The van der Waals surface area contributed by atoms with Gasteiger partial charge in [-0.05, 0) is 198 Å². The molecular weight excluding hydrogens is 991 g/mol. The number of anilines is 7. The highest BCUT2D eigenvalue weighted by molar-refractivity contribution is 5.98. The van der Waals surface area contributed by atoms with Crippen molar-refractivity contribution in [3.8, 4) is 44.5 Å². The van der Waals surface area contributed by atoms with Crippen LogP contribution in [0.25, 0.3) is 50.1 Å². The second-order valence-corrected chi connectivity index (χ2v) is 26.2. The van der Waals surface area contributed by atoms with Crippen LogP contribution in [0.2, 0.25) is 0 Å². The third kappa shape index (κ3) is 6.77. The molecule has 10 aromatic carbocycles. The lowest BCUT2D eigenvalue weighted by Crippen LogP contribution is -2.29. The molecule has 6 aliphatic rings. The number of aryl methyl sites for hydroxylation is 1. The first-order valence-corrected chi connectivity index (χ1v) is 29.6. The van der Waals surface area contributed by atoms with Gasteiger partial charge in [-0.1, -0.05) is 195 Å². The Morgan fingerprint density at radius 1 is 0.341 bits per heavy atom. The predicted octanol–water partition coefficient (Wildman–Crippen LogP) is 20.7. The molecule has 5 aliphatic carbocycles. The average Bonchev–Trinajstić information content (AvgIpc) is 3.52. The zero-order valence-corrected chi connectivity index (χ0v) is 48.5. The standard InChI is InChI=1S/C79H67N3/c1-48-19-18-20-49(41-48)82-74-39-33-50(80(52-29-35-60-56-21-10-14-25-66(56)76(2,3)70(60)44-52)53-30-36-61-57-22-11-15-26-67(57)77(4,5)71(61)45-53)42-64(74)65-43-51(34-40-75(65)82)81(54-31-37-62-58-23-12-16-27-68(58)78(6,7)72(62)46-54)55-32-38-63-59-24-13-17-28-69(59)79(8,9)73(63)47-55/h10-39,41-47,75H,40H2,1-9H3. The Labute approximate surface area is 484 Å². The summed E-state index contributed by atoms with van der Waals surface area (Å²) in [4.78, 5) is 7.74. The molecule has 0 spiro atoms. The van der Waals surface area contributed by atoms with Crippen LogP contribution in [0.3, 0.4) is 0 Å². The Balaban J connectivity index is 0.891. The summed E-state index contributed by atoms with van der Waals surface area (Å²) in [7, 11) is 0. The van der Waals surface area contributed by atoms with Crippen molar-refractivity contribution in [2.24, 2.45) is 0 Å². The minimum atomic E-state index is -0.159. The number of allylic oxidation sites excluding steroid dienone is 1. The zero-order valence-electron chi connectivity index (χ0n) is 48.5. The average molecular weight is 1060 g/mol. The quantitative estimate of drug-likeness (QED) is 0.157. The van der Waals surface area contributed by atoms with Gasteiger partial charge in [0.1, 0.15) is 0 Å². The predicted molar refractivity (Wildman–Crippen MR) is 344 cm³/mol.